The minimum Gasteiger partial charge on any atom is -0.478 e. The van der Waals surface area contributed by atoms with E-state index in [1.165, 1.54) is 11.0 Å². The van der Waals surface area contributed by atoms with Crippen LogP contribution in [0.4, 0.5) is 0 Å². The molecule has 1 N–H and O–H groups in total. The zero-order valence-corrected chi connectivity index (χ0v) is 11.0. The highest BCUT2D eigenvalue weighted by Crippen LogP contribution is 2.23. The van der Waals surface area contributed by atoms with Gasteiger partial charge in [-0.2, -0.15) is 0 Å². The van der Waals surface area contributed by atoms with Gasteiger partial charge in [0.25, 0.3) is 0 Å². The third-order valence-corrected chi connectivity index (χ3v) is 3.90. The van der Waals surface area contributed by atoms with Crippen molar-refractivity contribution in [2.45, 2.75) is 17.7 Å². The average Bonchev–Trinajstić information content (AvgIpc) is 2.82. The second kappa shape index (κ2) is 5.88. The summed E-state index contributed by atoms with van der Waals surface area (Å²) in [4.78, 5) is 36.0. The zero-order valence-electron chi connectivity index (χ0n) is 10.2. The SMILES string of the molecule is O=C(O)c1ccccc1SCC(=O)N1CCCC1=O. The first kappa shape index (κ1) is 13.6. The van der Waals surface area contributed by atoms with Gasteiger partial charge in [0.2, 0.25) is 11.8 Å². The molecule has 0 bridgehead atoms. The Bertz CT molecular complexity index is 529. The smallest absolute Gasteiger partial charge is 0.336 e. The van der Waals surface area contributed by atoms with Gasteiger partial charge in [0, 0.05) is 17.9 Å². The number of carbonyl (C=O) groups excluding carboxylic acids is 2. The molecule has 0 aliphatic carbocycles. The number of hydrogen-bond donors (Lipinski definition) is 1. The Morgan fingerprint density at radius 3 is 2.68 bits per heavy atom. The van der Waals surface area contributed by atoms with Crippen LogP contribution in [-0.4, -0.2) is 40.1 Å². The number of rotatable bonds is 4. The van der Waals surface area contributed by atoms with Crippen molar-refractivity contribution in [3.05, 3.63) is 29.8 Å². The Hall–Kier alpha value is -1.82. The molecule has 1 saturated heterocycles. The first-order valence-corrected chi connectivity index (χ1v) is 6.86. The van der Waals surface area contributed by atoms with Crippen molar-refractivity contribution in [1.29, 1.82) is 0 Å². The van der Waals surface area contributed by atoms with Gasteiger partial charge in [0.05, 0.1) is 11.3 Å². The van der Waals surface area contributed by atoms with E-state index in [0.717, 1.165) is 11.8 Å². The molecule has 0 radical (unpaired) electrons. The molecule has 100 valence electrons. The highest BCUT2D eigenvalue weighted by Gasteiger charge is 2.26. The molecule has 1 aromatic carbocycles. The van der Waals surface area contributed by atoms with E-state index in [2.05, 4.69) is 0 Å². The Morgan fingerprint density at radius 2 is 2.05 bits per heavy atom. The third-order valence-electron chi connectivity index (χ3n) is 2.84. The summed E-state index contributed by atoms with van der Waals surface area (Å²) in [5, 5.41) is 9.02. The number of carboxylic acids is 1. The predicted molar refractivity (Wildman–Crippen MR) is 70.1 cm³/mol. The molecular weight excluding hydrogens is 266 g/mol. The van der Waals surface area contributed by atoms with Crippen LogP contribution >= 0.6 is 11.8 Å². The maximum Gasteiger partial charge on any atom is 0.336 e. The molecule has 2 amide bonds. The van der Waals surface area contributed by atoms with Gasteiger partial charge in [0.1, 0.15) is 0 Å². The maximum atomic E-state index is 11.8. The van der Waals surface area contributed by atoms with Crippen LogP contribution in [-0.2, 0) is 9.59 Å². The Balaban J connectivity index is 2.01. The van der Waals surface area contributed by atoms with Gasteiger partial charge in [-0.1, -0.05) is 12.1 Å². The monoisotopic (exact) mass is 279 g/mol. The van der Waals surface area contributed by atoms with Gasteiger partial charge in [-0.15, -0.1) is 11.8 Å². The van der Waals surface area contributed by atoms with E-state index in [1.54, 1.807) is 18.2 Å². The van der Waals surface area contributed by atoms with Crippen molar-refractivity contribution in [2.24, 2.45) is 0 Å². The Morgan fingerprint density at radius 1 is 1.32 bits per heavy atom. The molecule has 0 unspecified atom stereocenters. The molecule has 0 atom stereocenters. The molecule has 1 fully saturated rings. The molecular formula is C13H13NO4S. The third kappa shape index (κ3) is 3.14. The van der Waals surface area contributed by atoms with Crippen molar-refractivity contribution < 1.29 is 19.5 Å². The number of thioether (sulfide) groups is 1. The second-order valence-electron chi connectivity index (χ2n) is 4.13. The van der Waals surface area contributed by atoms with E-state index >= 15 is 0 Å². The van der Waals surface area contributed by atoms with Gasteiger partial charge < -0.3 is 5.11 Å². The topological polar surface area (TPSA) is 74.7 Å². The van der Waals surface area contributed by atoms with Crippen molar-refractivity contribution in [3.63, 3.8) is 0 Å². The molecule has 19 heavy (non-hydrogen) atoms. The van der Waals surface area contributed by atoms with Crippen molar-refractivity contribution >= 4 is 29.5 Å². The summed E-state index contributed by atoms with van der Waals surface area (Å²) in [6, 6.07) is 6.52. The van der Waals surface area contributed by atoms with Crippen molar-refractivity contribution in [3.8, 4) is 0 Å². The first-order valence-electron chi connectivity index (χ1n) is 5.88. The summed E-state index contributed by atoms with van der Waals surface area (Å²) >= 11 is 1.15. The fourth-order valence-electron chi connectivity index (χ4n) is 1.90. The normalized spacial score (nSPS) is 14.7. The van der Waals surface area contributed by atoms with E-state index in [-0.39, 0.29) is 23.1 Å². The van der Waals surface area contributed by atoms with Gasteiger partial charge in [0.15, 0.2) is 0 Å². The van der Waals surface area contributed by atoms with Crippen molar-refractivity contribution in [2.75, 3.05) is 12.3 Å². The van der Waals surface area contributed by atoms with Gasteiger partial charge >= 0.3 is 5.97 Å². The number of carbonyl (C=O) groups is 3. The zero-order chi connectivity index (χ0) is 13.8. The lowest BCUT2D eigenvalue weighted by molar-refractivity contribution is -0.140. The number of carboxylic acid groups (broad SMARTS) is 1. The first-order chi connectivity index (χ1) is 9.09. The molecule has 0 spiro atoms. The minimum atomic E-state index is -1.02. The number of hydrogen-bond acceptors (Lipinski definition) is 4. The summed E-state index contributed by atoms with van der Waals surface area (Å²) in [5.74, 6) is -1.34. The van der Waals surface area contributed by atoms with Gasteiger partial charge in [-0.3, -0.25) is 14.5 Å². The van der Waals surface area contributed by atoms with Gasteiger partial charge in [-0.05, 0) is 18.6 Å². The fraction of sp³-hybridized carbons (Fsp3) is 0.308. The Kier molecular flexibility index (Phi) is 4.21. The van der Waals surface area contributed by atoms with E-state index in [4.69, 9.17) is 5.11 Å². The number of nitrogens with zero attached hydrogens (tertiary/aromatic N) is 1. The predicted octanol–water partition coefficient (Wildman–Crippen LogP) is 1.63. The highest BCUT2D eigenvalue weighted by atomic mass is 32.2. The van der Waals surface area contributed by atoms with Crippen LogP contribution in [0.25, 0.3) is 0 Å². The molecule has 0 saturated carbocycles. The van der Waals surface area contributed by atoms with Crippen LogP contribution in [0.15, 0.2) is 29.2 Å². The van der Waals surface area contributed by atoms with E-state index in [9.17, 15) is 14.4 Å². The summed E-state index contributed by atoms with van der Waals surface area (Å²) in [6.07, 6.45) is 1.13. The van der Waals surface area contributed by atoms with E-state index in [0.29, 0.717) is 24.3 Å². The molecule has 1 heterocycles. The number of amides is 2. The molecule has 5 nitrogen and oxygen atoms in total. The highest BCUT2D eigenvalue weighted by molar-refractivity contribution is 8.00. The summed E-state index contributed by atoms with van der Waals surface area (Å²) in [6.45, 7) is 0.471. The summed E-state index contributed by atoms with van der Waals surface area (Å²) in [7, 11) is 0. The lowest BCUT2D eigenvalue weighted by atomic mass is 10.2. The van der Waals surface area contributed by atoms with E-state index < -0.39 is 5.97 Å². The molecule has 0 aromatic heterocycles. The molecule has 1 aliphatic rings. The van der Waals surface area contributed by atoms with Crippen LogP contribution in [0.2, 0.25) is 0 Å². The standard InChI is InChI=1S/C13H13NO4S/c15-11-6-3-7-14(11)12(16)8-19-10-5-2-1-4-9(10)13(17)18/h1-2,4-5H,3,6-8H2,(H,17,18). The number of likely N-dealkylation sites (tertiary alicyclic amines) is 1. The van der Waals surface area contributed by atoms with Gasteiger partial charge in [-0.25, -0.2) is 4.79 Å². The largest absolute Gasteiger partial charge is 0.478 e. The summed E-state index contributed by atoms with van der Waals surface area (Å²) in [5.41, 5.74) is 0.174. The minimum absolute atomic E-state index is 0.0794. The maximum absolute atomic E-state index is 11.8. The van der Waals surface area contributed by atoms with Crippen LogP contribution in [0.1, 0.15) is 23.2 Å². The van der Waals surface area contributed by atoms with Crippen LogP contribution in [0, 0.1) is 0 Å². The average molecular weight is 279 g/mol. The molecule has 1 aliphatic heterocycles. The number of aromatic carboxylic acids is 1. The van der Waals surface area contributed by atoms with E-state index in [1.807, 2.05) is 0 Å². The van der Waals surface area contributed by atoms with Crippen LogP contribution in [0.5, 0.6) is 0 Å². The lowest BCUT2D eigenvalue weighted by Gasteiger charge is -2.13. The quantitative estimate of drug-likeness (QED) is 0.848. The number of imide groups is 1. The molecule has 1 aromatic rings. The summed E-state index contributed by atoms with van der Waals surface area (Å²) < 4.78 is 0. The molecule has 6 heteroatoms. The lowest BCUT2D eigenvalue weighted by Crippen LogP contribution is -2.33. The van der Waals surface area contributed by atoms with Crippen molar-refractivity contribution in [1.82, 2.24) is 4.90 Å². The Labute approximate surface area is 114 Å². The second-order valence-corrected chi connectivity index (χ2v) is 5.15. The fourth-order valence-corrected chi connectivity index (χ4v) is 2.82. The molecule has 2 rings (SSSR count). The number of benzene rings is 1. The van der Waals surface area contributed by atoms with Crippen LogP contribution < -0.4 is 0 Å². The van der Waals surface area contributed by atoms with Crippen LogP contribution in [0.3, 0.4) is 0 Å².